The molecule has 1 saturated heterocycles. The number of carbonyl (C=O) groups is 1. The summed E-state index contributed by atoms with van der Waals surface area (Å²) in [7, 11) is 1.98. The Hall–Kier alpha value is -2.31. The van der Waals surface area contributed by atoms with Gasteiger partial charge in [-0.2, -0.15) is 0 Å². The maximum Gasteiger partial charge on any atom is 0.226 e. The third-order valence-electron chi connectivity index (χ3n) is 7.72. The van der Waals surface area contributed by atoms with Crippen LogP contribution in [0.15, 0.2) is 24.3 Å². The highest BCUT2D eigenvalue weighted by Crippen LogP contribution is 2.45. The molecule has 1 aromatic heterocycles. The molecule has 1 amide bonds. The van der Waals surface area contributed by atoms with Gasteiger partial charge in [0.05, 0.1) is 21.7 Å². The molecule has 1 N–H and O–H groups in total. The fourth-order valence-corrected chi connectivity index (χ4v) is 5.29. The zero-order valence-electron chi connectivity index (χ0n) is 20.4. The fourth-order valence-electron chi connectivity index (χ4n) is 4.79. The lowest BCUT2D eigenvalue weighted by Crippen LogP contribution is -2.32. The minimum atomic E-state index is -0.419. The first-order valence-corrected chi connectivity index (χ1v) is 13.0. The predicted molar refractivity (Wildman–Crippen MR) is 140 cm³/mol. The molecule has 1 aliphatic carbocycles. The van der Waals surface area contributed by atoms with Crippen molar-refractivity contribution in [3.8, 4) is 0 Å². The minimum absolute atomic E-state index is 0.0282. The smallest absolute Gasteiger partial charge is 0.226 e. The standard InChI is InChI=1S/C27H31Cl2FN4O/c1-16-4-8-34(9-5-16)23-14-24-22(13-20(23)29)32-25(33(24)3)11-17-10-18(21(30)12-19(17)28)15-31-26(35)27(2)6-7-27/h10,12-14,16H,4-9,11,15H2,1-3H3,(H,31,35). The van der Waals surface area contributed by atoms with Crippen LogP contribution in [0.2, 0.25) is 10.0 Å². The molecule has 3 aromatic rings. The molecular weight excluding hydrogens is 486 g/mol. The Morgan fingerprint density at radius 3 is 2.54 bits per heavy atom. The number of hydrogen-bond donors (Lipinski definition) is 1. The zero-order chi connectivity index (χ0) is 24.9. The van der Waals surface area contributed by atoms with Gasteiger partial charge in [-0.25, -0.2) is 9.37 Å². The highest BCUT2D eigenvalue weighted by atomic mass is 35.5. The summed E-state index contributed by atoms with van der Waals surface area (Å²) in [5.74, 6) is 1.11. The molecule has 0 unspecified atom stereocenters. The van der Waals surface area contributed by atoms with E-state index < -0.39 is 5.82 Å². The van der Waals surface area contributed by atoms with Gasteiger partial charge in [-0.05, 0) is 61.4 Å². The van der Waals surface area contributed by atoms with Crippen LogP contribution in [-0.2, 0) is 24.8 Å². The maximum atomic E-state index is 14.6. The summed E-state index contributed by atoms with van der Waals surface area (Å²) < 4.78 is 16.6. The molecule has 8 heteroatoms. The Kier molecular flexibility index (Phi) is 6.47. The van der Waals surface area contributed by atoms with Crippen LogP contribution in [0.1, 0.15) is 56.5 Å². The molecule has 0 atom stereocenters. The fraction of sp³-hybridized carbons (Fsp3) is 0.481. The van der Waals surface area contributed by atoms with Crippen LogP contribution >= 0.6 is 23.2 Å². The lowest BCUT2D eigenvalue weighted by molar-refractivity contribution is -0.125. The Balaban J connectivity index is 1.39. The van der Waals surface area contributed by atoms with Gasteiger partial charge in [0.1, 0.15) is 11.6 Å². The van der Waals surface area contributed by atoms with E-state index in [2.05, 4.69) is 27.8 Å². The van der Waals surface area contributed by atoms with Crippen LogP contribution in [0.5, 0.6) is 0 Å². The average molecular weight is 517 g/mol. The quantitative estimate of drug-likeness (QED) is 0.420. The summed E-state index contributed by atoms with van der Waals surface area (Å²) in [6.07, 6.45) is 4.52. The Bertz CT molecular complexity index is 1290. The molecule has 5 rings (SSSR count). The lowest BCUT2D eigenvalue weighted by atomic mass is 9.99. The molecule has 2 heterocycles. The predicted octanol–water partition coefficient (Wildman–Crippen LogP) is 6.26. The van der Waals surface area contributed by atoms with Crippen molar-refractivity contribution in [3.63, 3.8) is 0 Å². The summed E-state index contributed by atoms with van der Waals surface area (Å²) in [5, 5.41) is 3.92. The van der Waals surface area contributed by atoms with Crippen molar-refractivity contribution >= 4 is 45.8 Å². The molecule has 1 aliphatic heterocycles. The Morgan fingerprint density at radius 1 is 1.14 bits per heavy atom. The number of carbonyl (C=O) groups excluding carboxylic acids is 1. The number of piperidine rings is 1. The second-order valence-electron chi connectivity index (χ2n) is 10.5. The molecule has 0 bridgehead atoms. The third kappa shape index (κ3) is 4.88. The molecule has 186 valence electrons. The van der Waals surface area contributed by atoms with E-state index in [9.17, 15) is 9.18 Å². The molecule has 0 radical (unpaired) electrons. The summed E-state index contributed by atoms with van der Waals surface area (Å²) in [4.78, 5) is 19.5. The Labute approximate surface area is 215 Å². The number of halogens is 3. The van der Waals surface area contributed by atoms with Crippen LogP contribution < -0.4 is 10.2 Å². The van der Waals surface area contributed by atoms with Crippen molar-refractivity contribution in [3.05, 3.63) is 57.1 Å². The van der Waals surface area contributed by atoms with Crippen molar-refractivity contribution in [1.29, 1.82) is 0 Å². The van der Waals surface area contributed by atoms with E-state index in [1.54, 1.807) is 6.07 Å². The van der Waals surface area contributed by atoms with Gasteiger partial charge in [0.2, 0.25) is 5.91 Å². The SMILES string of the molecule is CC1CCN(c2cc3c(cc2Cl)nc(Cc2cc(CNC(=O)C4(C)CC4)c(F)cc2Cl)n3C)CC1. The first kappa shape index (κ1) is 24.4. The summed E-state index contributed by atoms with van der Waals surface area (Å²) in [6, 6.07) is 7.11. The van der Waals surface area contributed by atoms with Gasteiger partial charge in [0.15, 0.2) is 0 Å². The first-order valence-electron chi connectivity index (χ1n) is 12.3. The van der Waals surface area contributed by atoms with E-state index in [-0.39, 0.29) is 17.9 Å². The molecule has 1 saturated carbocycles. The molecule has 35 heavy (non-hydrogen) atoms. The number of hydrogen-bond acceptors (Lipinski definition) is 3. The average Bonchev–Trinajstić information content (AvgIpc) is 3.51. The third-order valence-corrected chi connectivity index (χ3v) is 8.37. The van der Waals surface area contributed by atoms with E-state index in [4.69, 9.17) is 28.2 Å². The monoisotopic (exact) mass is 516 g/mol. The van der Waals surface area contributed by atoms with Gasteiger partial charge in [-0.15, -0.1) is 0 Å². The van der Waals surface area contributed by atoms with E-state index in [1.165, 1.54) is 6.07 Å². The van der Waals surface area contributed by atoms with Crippen LogP contribution in [0, 0.1) is 17.2 Å². The number of nitrogens with one attached hydrogen (secondary N) is 1. The van der Waals surface area contributed by atoms with E-state index in [0.717, 1.165) is 72.8 Å². The highest BCUT2D eigenvalue weighted by molar-refractivity contribution is 6.34. The molecular formula is C27H31Cl2FN4O. The minimum Gasteiger partial charge on any atom is -0.370 e. The van der Waals surface area contributed by atoms with Crippen molar-refractivity contribution in [2.75, 3.05) is 18.0 Å². The van der Waals surface area contributed by atoms with Gasteiger partial charge < -0.3 is 14.8 Å². The summed E-state index contributed by atoms with van der Waals surface area (Å²) in [5.41, 5.74) is 3.76. The second kappa shape index (κ2) is 9.29. The molecule has 2 fully saturated rings. The number of amides is 1. The van der Waals surface area contributed by atoms with Gasteiger partial charge in [-0.3, -0.25) is 4.79 Å². The van der Waals surface area contributed by atoms with Crippen LogP contribution in [0.3, 0.4) is 0 Å². The van der Waals surface area contributed by atoms with E-state index in [0.29, 0.717) is 22.0 Å². The number of benzene rings is 2. The van der Waals surface area contributed by atoms with Crippen LogP contribution in [0.25, 0.3) is 11.0 Å². The number of fused-ring (bicyclic) bond motifs is 1. The van der Waals surface area contributed by atoms with Crippen molar-refractivity contribution in [2.45, 2.75) is 52.5 Å². The summed E-state index contributed by atoms with van der Waals surface area (Å²) in [6.45, 7) is 6.37. The normalized spacial score (nSPS) is 17.7. The van der Waals surface area contributed by atoms with Crippen LogP contribution in [-0.4, -0.2) is 28.5 Å². The van der Waals surface area contributed by atoms with Gasteiger partial charge >= 0.3 is 0 Å². The number of nitrogens with zero attached hydrogens (tertiary/aromatic N) is 3. The topological polar surface area (TPSA) is 50.2 Å². The lowest BCUT2D eigenvalue weighted by Gasteiger charge is -2.32. The van der Waals surface area contributed by atoms with Crippen LogP contribution in [0.4, 0.5) is 10.1 Å². The second-order valence-corrected chi connectivity index (χ2v) is 11.3. The van der Waals surface area contributed by atoms with Crippen molar-refractivity contribution in [2.24, 2.45) is 18.4 Å². The van der Waals surface area contributed by atoms with E-state index in [1.807, 2.05) is 20.0 Å². The zero-order valence-corrected chi connectivity index (χ0v) is 21.9. The maximum absolute atomic E-state index is 14.6. The largest absolute Gasteiger partial charge is 0.370 e. The van der Waals surface area contributed by atoms with Crippen molar-refractivity contribution in [1.82, 2.24) is 14.9 Å². The first-order chi connectivity index (χ1) is 16.6. The van der Waals surface area contributed by atoms with Gasteiger partial charge in [0, 0.05) is 49.1 Å². The number of aryl methyl sites for hydroxylation is 1. The Morgan fingerprint density at radius 2 is 1.86 bits per heavy atom. The molecule has 2 aliphatic rings. The molecule has 0 spiro atoms. The summed E-state index contributed by atoms with van der Waals surface area (Å²) >= 11 is 13.1. The van der Waals surface area contributed by atoms with Crippen molar-refractivity contribution < 1.29 is 9.18 Å². The number of anilines is 1. The molecule has 2 aromatic carbocycles. The van der Waals surface area contributed by atoms with Gasteiger partial charge in [-0.1, -0.05) is 37.0 Å². The van der Waals surface area contributed by atoms with Gasteiger partial charge in [0.25, 0.3) is 0 Å². The van der Waals surface area contributed by atoms with E-state index >= 15 is 0 Å². The highest BCUT2D eigenvalue weighted by Gasteiger charge is 2.44. The number of aromatic nitrogens is 2. The number of imidazole rings is 1. The molecule has 5 nitrogen and oxygen atoms in total. The number of rotatable bonds is 6.